The average molecular weight is 368 g/mol. The lowest BCUT2D eigenvalue weighted by molar-refractivity contribution is 0.601. The molecule has 1 N–H and O–H groups in total. The van der Waals surface area contributed by atoms with Crippen LogP contribution in [-0.4, -0.2) is 29.6 Å². The number of nitrogens with zero attached hydrogens (tertiary/aromatic N) is 3. The number of benzene rings is 1. The topological polar surface area (TPSA) is 84.8 Å². The fraction of sp³-hybridized carbons (Fsp3) is 0.211. The molecule has 0 spiro atoms. The van der Waals surface area contributed by atoms with Gasteiger partial charge in [0.1, 0.15) is 0 Å². The maximum Gasteiger partial charge on any atom is 0.223 e. The van der Waals surface area contributed by atoms with Crippen LogP contribution in [0.25, 0.3) is 11.4 Å². The molecule has 2 heterocycles. The summed E-state index contributed by atoms with van der Waals surface area (Å²) in [5.74, 6) is 0.507. The van der Waals surface area contributed by atoms with Crippen LogP contribution in [0.5, 0.6) is 0 Å². The molecule has 0 fully saturated rings. The fourth-order valence-electron chi connectivity index (χ4n) is 2.61. The first-order valence-electron chi connectivity index (χ1n) is 8.28. The highest BCUT2D eigenvalue weighted by molar-refractivity contribution is 7.90. The fourth-order valence-corrected chi connectivity index (χ4v) is 3.24. The second kappa shape index (κ2) is 7.61. The molecule has 26 heavy (non-hydrogen) atoms. The summed E-state index contributed by atoms with van der Waals surface area (Å²) in [6, 6.07) is 14.3. The van der Waals surface area contributed by atoms with E-state index in [9.17, 15) is 8.42 Å². The normalized spacial score (nSPS) is 12.5. The third kappa shape index (κ3) is 4.23. The van der Waals surface area contributed by atoms with Crippen LogP contribution in [0.4, 0.5) is 5.95 Å². The van der Waals surface area contributed by atoms with Crippen LogP contribution in [-0.2, 0) is 9.84 Å². The standard InChI is InChI=1S/C19H20N4O2S/c1-3-16(14-7-9-15(10-8-14)26(2,24)25)22-19-21-13-11-18(23-19)17-6-4-5-12-20-17/h4-13,16H,3H2,1-2H3,(H,21,22,23). The summed E-state index contributed by atoms with van der Waals surface area (Å²) in [6.45, 7) is 2.05. The lowest BCUT2D eigenvalue weighted by Crippen LogP contribution is -2.12. The molecule has 0 saturated heterocycles. The average Bonchev–Trinajstić information content (AvgIpc) is 2.66. The van der Waals surface area contributed by atoms with Crippen molar-refractivity contribution < 1.29 is 8.42 Å². The molecule has 7 heteroatoms. The maximum atomic E-state index is 11.6. The van der Waals surface area contributed by atoms with Crippen molar-refractivity contribution >= 4 is 15.8 Å². The smallest absolute Gasteiger partial charge is 0.223 e. The van der Waals surface area contributed by atoms with E-state index in [1.807, 2.05) is 43.3 Å². The van der Waals surface area contributed by atoms with Gasteiger partial charge in [0.05, 0.1) is 22.3 Å². The molecule has 3 aromatic rings. The minimum atomic E-state index is -3.20. The molecule has 2 aromatic heterocycles. The first kappa shape index (κ1) is 18.0. The molecule has 0 radical (unpaired) electrons. The van der Waals surface area contributed by atoms with E-state index < -0.39 is 9.84 Å². The van der Waals surface area contributed by atoms with E-state index in [1.54, 1.807) is 24.5 Å². The molecule has 6 nitrogen and oxygen atoms in total. The summed E-state index contributed by atoms with van der Waals surface area (Å²) in [4.78, 5) is 13.4. The van der Waals surface area contributed by atoms with Gasteiger partial charge in [-0.2, -0.15) is 0 Å². The summed E-state index contributed by atoms with van der Waals surface area (Å²) in [5, 5.41) is 3.31. The number of pyridine rings is 1. The molecular formula is C19H20N4O2S. The molecule has 0 aliphatic heterocycles. The Morgan fingerprint density at radius 2 is 1.73 bits per heavy atom. The number of rotatable bonds is 6. The first-order valence-corrected chi connectivity index (χ1v) is 10.2. The third-order valence-electron chi connectivity index (χ3n) is 4.01. The highest BCUT2D eigenvalue weighted by atomic mass is 32.2. The van der Waals surface area contributed by atoms with E-state index in [-0.39, 0.29) is 6.04 Å². The monoisotopic (exact) mass is 368 g/mol. The van der Waals surface area contributed by atoms with E-state index in [1.165, 1.54) is 6.26 Å². The Bertz CT molecular complexity index is 974. The summed E-state index contributed by atoms with van der Waals surface area (Å²) < 4.78 is 23.2. The Morgan fingerprint density at radius 1 is 0.962 bits per heavy atom. The number of aromatic nitrogens is 3. The van der Waals surface area contributed by atoms with Gasteiger partial charge < -0.3 is 5.32 Å². The number of nitrogens with one attached hydrogen (secondary N) is 1. The Morgan fingerprint density at radius 3 is 2.35 bits per heavy atom. The first-order chi connectivity index (χ1) is 12.5. The zero-order valence-corrected chi connectivity index (χ0v) is 15.4. The van der Waals surface area contributed by atoms with Gasteiger partial charge >= 0.3 is 0 Å². The van der Waals surface area contributed by atoms with Gasteiger partial charge in [-0.1, -0.05) is 25.1 Å². The molecule has 1 aromatic carbocycles. The Hall–Kier alpha value is -2.80. The van der Waals surface area contributed by atoms with Crippen LogP contribution in [0.15, 0.2) is 65.8 Å². The van der Waals surface area contributed by atoms with Gasteiger partial charge in [-0.3, -0.25) is 4.98 Å². The summed E-state index contributed by atoms with van der Waals surface area (Å²) in [5.41, 5.74) is 2.50. The minimum absolute atomic E-state index is 0.0254. The highest BCUT2D eigenvalue weighted by Gasteiger charge is 2.13. The van der Waals surface area contributed by atoms with Crippen molar-refractivity contribution in [1.29, 1.82) is 0 Å². The Labute approximate surface area is 153 Å². The summed E-state index contributed by atoms with van der Waals surface area (Å²) in [6.07, 6.45) is 5.42. The van der Waals surface area contributed by atoms with Gasteiger partial charge in [-0.25, -0.2) is 18.4 Å². The quantitative estimate of drug-likeness (QED) is 0.717. The van der Waals surface area contributed by atoms with Crippen molar-refractivity contribution in [3.05, 3.63) is 66.5 Å². The van der Waals surface area contributed by atoms with Gasteiger partial charge in [-0.05, 0) is 42.3 Å². The second-order valence-electron chi connectivity index (χ2n) is 5.93. The van der Waals surface area contributed by atoms with Crippen LogP contribution < -0.4 is 5.32 Å². The molecular weight excluding hydrogens is 348 g/mol. The maximum absolute atomic E-state index is 11.6. The molecule has 3 rings (SSSR count). The van der Waals surface area contributed by atoms with Crippen LogP contribution >= 0.6 is 0 Å². The van der Waals surface area contributed by atoms with E-state index in [2.05, 4.69) is 20.3 Å². The molecule has 0 aliphatic rings. The van der Waals surface area contributed by atoms with E-state index in [0.717, 1.165) is 23.4 Å². The van der Waals surface area contributed by atoms with Crippen molar-refractivity contribution in [3.63, 3.8) is 0 Å². The van der Waals surface area contributed by atoms with Crippen molar-refractivity contribution in [2.75, 3.05) is 11.6 Å². The lowest BCUT2D eigenvalue weighted by Gasteiger charge is -2.18. The van der Waals surface area contributed by atoms with Gasteiger partial charge in [0.15, 0.2) is 9.84 Å². The Kier molecular flexibility index (Phi) is 5.27. The van der Waals surface area contributed by atoms with E-state index >= 15 is 0 Å². The number of sulfone groups is 1. The zero-order chi connectivity index (χ0) is 18.6. The highest BCUT2D eigenvalue weighted by Crippen LogP contribution is 2.23. The second-order valence-corrected chi connectivity index (χ2v) is 7.94. The molecule has 0 aliphatic carbocycles. The van der Waals surface area contributed by atoms with Crippen molar-refractivity contribution in [2.24, 2.45) is 0 Å². The van der Waals surface area contributed by atoms with E-state index in [4.69, 9.17) is 0 Å². The number of hydrogen-bond donors (Lipinski definition) is 1. The molecule has 1 atom stereocenters. The predicted molar refractivity (Wildman–Crippen MR) is 101 cm³/mol. The molecule has 0 saturated carbocycles. The molecule has 0 amide bonds. The van der Waals surface area contributed by atoms with Crippen LogP contribution in [0.3, 0.4) is 0 Å². The molecule has 0 bridgehead atoms. The lowest BCUT2D eigenvalue weighted by atomic mass is 10.1. The Balaban J connectivity index is 1.82. The number of hydrogen-bond acceptors (Lipinski definition) is 6. The van der Waals surface area contributed by atoms with Crippen LogP contribution in [0, 0.1) is 0 Å². The van der Waals surface area contributed by atoms with Crippen LogP contribution in [0.1, 0.15) is 24.9 Å². The SMILES string of the molecule is CCC(Nc1nccc(-c2ccccn2)n1)c1ccc(S(C)(=O)=O)cc1. The van der Waals surface area contributed by atoms with Gasteiger partial charge in [0.25, 0.3) is 0 Å². The van der Waals surface area contributed by atoms with Crippen molar-refractivity contribution in [3.8, 4) is 11.4 Å². The van der Waals surface area contributed by atoms with Gasteiger partial charge in [0.2, 0.25) is 5.95 Å². The number of anilines is 1. The minimum Gasteiger partial charge on any atom is -0.347 e. The summed E-state index contributed by atoms with van der Waals surface area (Å²) in [7, 11) is -3.20. The molecule has 134 valence electrons. The third-order valence-corrected chi connectivity index (χ3v) is 5.13. The van der Waals surface area contributed by atoms with E-state index in [0.29, 0.717) is 10.8 Å². The van der Waals surface area contributed by atoms with Crippen LogP contribution in [0.2, 0.25) is 0 Å². The predicted octanol–water partition coefficient (Wildman–Crippen LogP) is 3.51. The van der Waals surface area contributed by atoms with Gasteiger partial charge in [-0.15, -0.1) is 0 Å². The largest absolute Gasteiger partial charge is 0.347 e. The van der Waals surface area contributed by atoms with Crippen molar-refractivity contribution in [1.82, 2.24) is 15.0 Å². The molecule has 1 unspecified atom stereocenters. The van der Waals surface area contributed by atoms with Gasteiger partial charge in [0, 0.05) is 18.6 Å². The van der Waals surface area contributed by atoms with Crippen molar-refractivity contribution in [2.45, 2.75) is 24.3 Å². The summed E-state index contributed by atoms with van der Waals surface area (Å²) >= 11 is 0. The zero-order valence-electron chi connectivity index (χ0n) is 14.6.